The molecule has 0 spiro atoms. The standard InChI is InChI=1S/C4H3IN2O/c5-4-6-1-3(8)2-7-4/h1-2,8H. The van der Waals surface area contributed by atoms with Crippen LogP contribution in [0.2, 0.25) is 0 Å². The Morgan fingerprint density at radius 1 is 1.38 bits per heavy atom. The zero-order chi connectivity index (χ0) is 5.98. The fourth-order valence-electron chi connectivity index (χ4n) is 0.305. The summed E-state index contributed by atoms with van der Waals surface area (Å²) in [4.78, 5) is 7.41. The maximum absolute atomic E-state index is 8.63. The smallest absolute Gasteiger partial charge is 0.190 e. The van der Waals surface area contributed by atoms with E-state index >= 15 is 0 Å². The van der Waals surface area contributed by atoms with Crippen molar-refractivity contribution < 1.29 is 5.11 Å². The molecule has 0 aliphatic carbocycles. The molecule has 0 saturated heterocycles. The molecule has 42 valence electrons. The number of hydrogen-bond acceptors (Lipinski definition) is 3. The first kappa shape index (κ1) is 5.74. The minimum absolute atomic E-state index is 0.102. The van der Waals surface area contributed by atoms with Gasteiger partial charge >= 0.3 is 0 Å². The second-order valence-corrected chi connectivity index (χ2v) is 2.18. The molecule has 4 heteroatoms. The van der Waals surface area contributed by atoms with Crippen LogP contribution in [0.15, 0.2) is 12.4 Å². The van der Waals surface area contributed by atoms with Crippen molar-refractivity contribution in [3.05, 3.63) is 16.2 Å². The summed E-state index contributed by atoms with van der Waals surface area (Å²) in [6, 6.07) is 0. The molecule has 1 aromatic heterocycles. The van der Waals surface area contributed by atoms with Gasteiger partial charge in [0.05, 0.1) is 12.4 Å². The summed E-state index contributed by atoms with van der Waals surface area (Å²) in [5.41, 5.74) is 0. The van der Waals surface area contributed by atoms with Gasteiger partial charge in [-0.2, -0.15) is 0 Å². The Balaban J connectivity index is 3.03. The SMILES string of the molecule is Oc1cnc(I)nc1. The van der Waals surface area contributed by atoms with Crippen molar-refractivity contribution in [2.24, 2.45) is 0 Å². The monoisotopic (exact) mass is 222 g/mol. The molecule has 0 aromatic carbocycles. The first-order valence-corrected chi connectivity index (χ1v) is 3.03. The van der Waals surface area contributed by atoms with Gasteiger partial charge in [0.1, 0.15) is 0 Å². The number of hydrogen-bond donors (Lipinski definition) is 1. The molecule has 8 heavy (non-hydrogen) atoms. The molecule has 0 saturated carbocycles. The van der Waals surface area contributed by atoms with E-state index in [1.807, 2.05) is 22.6 Å². The highest BCUT2D eigenvalue weighted by molar-refractivity contribution is 14.1. The highest BCUT2D eigenvalue weighted by atomic mass is 127. The third-order valence-corrected chi connectivity index (χ3v) is 1.16. The van der Waals surface area contributed by atoms with E-state index in [1.54, 1.807) is 0 Å². The van der Waals surface area contributed by atoms with Gasteiger partial charge in [0.15, 0.2) is 9.58 Å². The molecule has 0 aliphatic rings. The molecule has 0 unspecified atom stereocenters. The number of aromatic hydroxyl groups is 1. The van der Waals surface area contributed by atoms with E-state index < -0.39 is 0 Å². The van der Waals surface area contributed by atoms with E-state index in [2.05, 4.69) is 9.97 Å². The van der Waals surface area contributed by atoms with E-state index in [4.69, 9.17) is 5.11 Å². The van der Waals surface area contributed by atoms with Crippen LogP contribution < -0.4 is 0 Å². The molecule has 3 nitrogen and oxygen atoms in total. The van der Waals surface area contributed by atoms with E-state index in [-0.39, 0.29) is 5.75 Å². The zero-order valence-electron chi connectivity index (χ0n) is 3.87. The third-order valence-electron chi connectivity index (χ3n) is 0.607. The minimum atomic E-state index is 0.102. The molecular weight excluding hydrogens is 219 g/mol. The summed E-state index contributed by atoms with van der Waals surface area (Å²) < 4.78 is 0.639. The Morgan fingerprint density at radius 2 is 1.88 bits per heavy atom. The molecular formula is C4H3IN2O. The highest BCUT2D eigenvalue weighted by Gasteiger charge is 1.86. The van der Waals surface area contributed by atoms with Crippen LogP contribution in [0, 0.1) is 3.83 Å². The Morgan fingerprint density at radius 3 is 2.25 bits per heavy atom. The fraction of sp³-hybridized carbons (Fsp3) is 0. The predicted molar refractivity (Wildman–Crippen MR) is 36.4 cm³/mol. The molecule has 0 fully saturated rings. The molecule has 1 rings (SSSR count). The maximum Gasteiger partial charge on any atom is 0.190 e. The predicted octanol–water partition coefficient (Wildman–Crippen LogP) is 0.787. The molecule has 0 radical (unpaired) electrons. The molecule has 0 bridgehead atoms. The van der Waals surface area contributed by atoms with Crippen molar-refractivity contribution >= 4 is 22.6 Å². The van der Waals surface area contributed by atoms with Gasteiger partial charge in [-0.25, -0.2) is 9.97 Å². The van der Waals surface area contributed by atoms with E-state index in [9.17, 15) is 0 Å². The summed E-state index contributed by atoms with van der Waals surface area (Å²) >= 11 is 1.96. The van der Waals surface area contributed by atoms with E-state index in [0.29, 0.717) is 3.83 Å². The number of nitrogens with zero attached hydrogens (tertiary/aromatic N) is 2. The lowest BCUT2D eigenvalue weighted by Gasteiger charge is -1.86. The Kier molecular flexibility index (Phi) is 1.62. The third kappa shape index (κ3) is 1.29. The molecule has 1 aromatic rings. The molecule has 0 aliphatic heterocycles. The normalized spacial score (nSPS) is 9.12. The molecule has 1 N–H and O–H groups in total. The Bertz CT molecular complexity index is 153. The van der Waals surface area contributed by atoms with Crippen LogP contribution in [0.1, 0.15) is 0 Å². The Hall–Kier alpha value is -0.390. The average Bonchev–Trinajstić information content (AvgIpc) is 1.77. The van der Waals surface area contributed by atoms with Crippen molar-refractivity contribution in [2.45, 2.75) is 0 Å². The minimum Gasteiger partial charge on any atom is -0.505 e. The summed E-state index contributed by atoms with van der Waals surface area (Å²) in [7, 11) is 0. The highest BCUT2D eigenvalue weighted by Crippen LogP contribution is 2.02. The summed E-state index contributed by atoms with van der Waals surface area (Å²) in [6.07, 6.45) is 2.71. The van der Waals surface area contributed by atoms with Crippen LogP contribution >= 0.6 is 22.6 Å². The lowest BCUT2D eigenvalue weighted by molar-refractivity contribution is 0.469. The van der Waals surface area contributed by atoms with Crippen LogP contribution in [0.3, 0.4) is 0 Å². The zero-order valence-corrected chi connectivity index (χ0v) is 6.03. The molecule has 0 amide bonds. The lowest BCUT2D eigenvalue weighted by Crippen LogP contribution is -1.81. The topological polar surface area (TPSA) is 46.0 Å². The number of rotatable bonds is 0. The molecule has 0 atom stereocenters. The van der Waals surface area contributed by atoms with Gasteiger partial charge in [0, 0.05) is 22.6 Å². The van der Waals surface area contributed by atoms with Crippen molar-refractivity contribution in [1.29, 1.82) is 0 Å². The van der Waals surface area contributed by atoms with Crippen molar-refractivity contribution in [3.8, 4) is 5.75 Å². The van der Waals surface area contributed by atoms with Gasteiger partial charge in [0.25, 0.3) is 0 Å². The fourth-order valence-corrected chi connectivity index (χ4v) is 0.584. The van der Waals surface area contributed by atoms with E-state index in [1.165, 1.54) is 12.4 Å². The molecule has 1 heterocycles. The Labute approximate surface area is 59.9 Å². The van der Waals surface area contributed by atoms with Gasteiger partial charge in [-0.3, -0.25) is 0 Å². The second-order valence-electron chi connectivity index (χ2n) is 1.21. The quantitative estimate of drug-likeness (QED) is 0.521. The number of aromatic nitrogens is 2. The van der Waals surface area contributed by atoms with Crippen LogP contribution in [-0.4, -0.2) is 15.1 Å². The second kappa shape index (κ2) is 2.25. The van der Waals surface area contributed by atoms with Crippen molar-refractivity contribution in [3.63, 3.8) is 0 Å². The van der Waals surface area contributed by atoms with E-state index in [0.717, 1.165) is 0 Å². The first-order chi connectivity index (χ1) is 3.79. The van der Waals surface area contributed by atoms with Crippen LogP contribution in [0.25, 0.3) is 0 Å². The van der Waals surface area contributed by atoms with Crippen molar-refractivity contribution in [2.75, 3.05) is 0 Å². The number of halogens is 1. The van der Waals surface area contributed by atoms with Crippen LogP contribution in [0.5, 0.6) is 5.75 Å². The van der Waals surface area contributed by atoms with Gasteiger partial charge in [-0.05, 0) is 0 Å². The first-order valence-electron chi connectivity index (χ1n) is 1.95. The average molecular weight is 222 g/mol. The maximum atomic E-state index is 8.63. The van der Waals surface area contributed by atoms with Crippen LogP contribution in [0.4, 0.5) is 0 Å². The summed E-state index contributed by atoms with van der Waals surface area (Å²) in [6.45, 7) is 0. The van der Waals surface area contributed by atoms with Crippen LogP contribution in [-0.2, 0) is 0 Å². The van der Waals surface area contributed by atoms with Crippen molar-refractivity contribution in [1.82, 2.24) is 9.97 Å². The summed E-state index contributed by atoms with van der Waals surface area (Å²) in [5.74, 6) is 0.102. The van der Waals surface area contributed by atoms with Gasteiger partial charge in [0.2, 0.25) is 0 Å². The lowest BCUT2D eigenvalue weighted by atomic mass is 10.6. The van der Waals surface area contributed by atoms with Gasteiger partial charge in [-0.15, -0.1) is 0 Å². The largest absolute Gasteiger partial charge is 0.505 e. The van der Waals surface area contributed by atoms with Gasteiger partial charge in [-0.1, -0.05) is 0 Å². The summed E-state index contributed by atoms with van der Waals surface area (Å²) in [5, 5.41) is 8.63. The van der Waals surface area contributed by atoms with Gasteiger partial charge < -0.3 is 5.11 Å².